The molecule has 0 bridgehead atoms. The monoisotopic (exact) mass is 207 g/mol. The molecular weight excluding hydrogens is 194 g/mol. The SMILES string of the molecule is C=CCN(CCO)C(=O)c1cncnc1. The van der Waals surface area contributed by atoms with Crippen molar-refractivity contribution in [3.63, 3.8) is 0 Å². The van der Waals surface area contributed by atoms with E-state index in [1.54, 1.807) is 6.08 Å². The van der Waals surface area contributed by atoms with Gasteiger partial charge < -0.3 is 10.0 Å². The first-order valence-corrected chi connectivity index (χ1v) is 4.55. The van der Waals surface area contributed by atoms with Crippen molar-refractivity contribution in [1.29, 1.82) is 0 Å². The van der Waals surface area contributed by atoms with Gasteiger partial charge in [0.25, 0.3) is 5.91 Å². The second-order valence-corrected chi connectivity index (χ2v) is 2.89. The van der Waals surface area contributed by atoms with Crippen molar-refractivity contribution in [3.8, 4) is 0 Å². The van der Waals surface area contributed by atoms with Gasteiger partial charge in [0.05, 0.1) is 12.2 Å². The summed E-state index contributed by atoms with van der Waals surface area (Å²) in [6.07, 6.45) is 5.86. The molecule has 0 aliphatic rings. The minimum atomic E-state index is -0.204. The lowest BCUT2D eigenvalue weighted by Crippen LogP contribution is -2.33. The van der Waals surface area contributed by atoms with Crippen LogP contribution in [0.4, 0.5) is 0 Å². The molecule has 1 aromatic heterocycles. The molecule has 0 aliphatic heterocycles. The smallest absolute Gasteiger partial charge is 0.257 e. The zero-order chi connectivity index (χ0) is 11.1. The Hall–Kier alpha value is -1.75. The van der Waals surface area contributed by atoms with Gasteiger partial charge in [0, 0.05) is 25.5 Å². The molecular formula is C10H13N3O2. The van der Waals surface area contributed by atoms with Gasteiger partial charge in [-0.25, -0.2) is 9.97 Å². The number of carbonyl (C=O) groups excluding carboxylic acids is 1. The van der Waals surface area contributed by atoms with Crippen LogP contribution in [0.2, 0.25) is 0 Å². The number of aliphatic hydroxyl groups excluding tert-OH is 1. The zero-order valence-corrected chi connectivity index (χ0v) is 8.33. The summed E-state index contributed by atoms with van der Waals surface area (Å²) in [5.74, 6) is -0.204. The number of hydrogen-bond donors (Lipinski definition) is 1. The summed E-state index contributed by atoms with van der Waals surface area (Å²) >= 11 is 0. The largest absolute Gasteiger partial charge is 0.395 e. The van der Waals surface area contributed by atoms with Gasteiger partial charge >= 0.3 is 0 Å². The average molecular weight is 207 g/mol. The molecule has 1 rings (SSSR count). The summed E-state index contributed by atoms with van der Waals surface area (Å²) in [5.41, 5.74) is 0.410. The Balaban J connectivity index is 2.76. The molecule has 5 nitrogen and oxygen atoms in total. The van der Waals surface area contributed by atoms with Crippen LogP contribution in [0.25, 0.3) is 0 Å². The van der Waals surface area contributed by atoms with Crippen LogP contribution in [0.1, 0.15) is 10.4 Å². The van der Waals surface area contributed by atoms with Crippen molar-refractivity contribution in [2.75, 3.05) is 19.7 Å². The van der Waals surface area contributed by atoms with E-state index in [4.69, 9.17) is 5.11 Å². The molecule has 0 aliphatic carbocycles. The third kappa shape index (κ3) is 3.14. The first-order chi connectivity index (χ1) is 7.29. The fourth-order valence-corrected chi connectivity index (χ4v) is 1.14. The van der Waals surface area contributed by atoms with Crippen LogP contribution >= 0.6 is 0 Å². The molecule has 0 aromatic carbocycles. The average Bonchev–Trinajstić information content (AvgIpc) is 2.29. The van der Waals surface area contributed by atoms with E-state index in [1.807, 2.05) is 0 Å². The van der Waals surface area contributed by atoms with Gasteiger partial charge in [-0.05, 0) is 0 Å². The highest BCUT2D eigenvalue weighted by atomic mass is 16.3. The molecule has 15 heavy (non-hydrogen) atoms. The molecule has 0 atom stereocenters. The molecule has 1 aromatic rings. The highest BCUT2D eigenvalue weighted by Crippen LogP contribution is 2.01. The fraction of sp³-hybridized carbons (Fsp3) is 0.300. The lowest BCUT2D eigenvalue weighted by Gasteiger charge is -2.19. The van der Waals surface area contributed by atoms with Gasteiger partial charge in [0.1, 0.15) is 6.33 Å². The minimum Gasteiger partial charge on any atom is -0.395 e. The topological polar surface area (TPSA) is 66.3 Å². The van der Waals surface area contributed by atoms with Crippen LogP contribution < -0.4 is 0 Å². The first-order valence-electron chi connectivity index (χ1n) is 4.55. The van der Waals surface area contributed by atoms with Gasteiger partial charge in [-0.2, -0.15) is 0 Å². The van der Waals surface area contributed by atoms with E-state index in [-0.39, 0.29) is 19.1 Å². The number of aromatic nitrogens is 2. The number of aliphatic hydroxyl groups is 1. The van der Waals surface area contributed by atoms with E-state index in [2.05, 4.69) is 16.5 Å². The van der Waals surface area contributed by atoms with E-state index in [1.165, 1.54) is 23.6 Å². The molecule has 0 radical (unpaired) electrons. The zero-order valence-electron chi connectivity index (χ0n) is 8.33. The van der Waals surface area contributed by atoms with Gasteiger partial charge in [-0.1, -0.05) is 6.08 Å². The third-order valence-electron chi connectivity index (χ3n) is 1.81. The van der Waals surface area contributed by atoms with Crippen LogP contribution in [-0.2, 0) is 0 Å². The van der Waals surface area contributed by atoms with E-state index >= 15 is 0 Å². The predicted octanol–water partition coefficient (Wildman–Crippen LogP) is 0.0971. The van der Waals surface area contributed by atoms with Crippen molar-refractivity contribution < 1.29 is 9.90 Å². The van der Waals surface area contributed by atoms with Crippen LogP contribution in [0.5, 0.6) is 0 Å². The molecule has 0 saturated heterocycles. The Morgan fingerprint density at radius 2 is 2.20 bits per heavy atom. The lowest BCUT2D eigenvalue weighted by atomic mass is 10.3. The van der Waals surface area contributed by atoms with Gasteiger partial charge in [-0.3, -0.25) is 4.79 Å². The Labute approximate surface area is 88.1 Å². The standard InChI is InChI=1S/C10H13N3O2/c1-2-3-13(4-5-14)10(15)9-6-11-8-12-7-9/h2,6-8,14H,1,3-5H2. The number of rotatable bonds is 5. The lowest BCUT2D eigenvalue weighted by molar-refractivity contribution is 0.0742. The Kier molecular flexibility index (Phi) is 4.43. The van der Waals surface area contributed by atoms with Crippen LogP contribution in [0, 0.1) is 0 Å². The highest BCUT2D eigenvalue weighted by molar-refractivity contribution is 5.93. The second kappa shape index (κ2) is 5.87. The molecule has 0 spiro atoms. The van der Waals surface area contributed by atoms with E-state index in [0.29, 0.717) is 12.1 Å². The molecule has 1 heterocycles. The Bertz CT molecular complexity index is 327. The summed E-state index contributed by atoms with van der Waals surface area (Å²) in [6.45, 7) is 4.15. The highest BCUT2D eigenvalue weighted by Gasteiger charge is 2.13. The number of hydrogen-bond acceptors (Lipinski definition) is 4. The Morgan fingerprint density at radius 3 is 2.73 bits per heavy atom. The van der Waals surface area contributed by atoms with Gasteiger partial charge in [0.15, 0.2) is 0 Å². The predicted molar refractivity (Wildman–Crippen MR) is 55.2 cm³/mol. The molecule has 1 amide bonds. The van der Waals surface area contributed by atoms with Crippen molar-refractivity contribution in [3.05, 3.63) is 36.9 Å². The number of nitrogens with zero attached hydrogens (tertiary/aromatic N) is 3. The number of carbonyl (C=O) groups is 1. The minimum absolute atomic E-state index is 0.0761. The van der Waals surface area contributed by atoms with E-state index < -0.39 is 0 Å². The third-order valence-corrected chi connectivity index (χ3v) is 1.81. The second-order valence-electron chi connectivity index (χ2n) is 2.89. The molecule has 0 fully saturated rings. The maximum absolute atomic E-state index is 11.8. The summed E-state index contributed by atoms with van der Waals surface area (Å²) in [5, 5.41) is 8.80. The molecule has 1 N–H and O–H groups in total. The first kappa shape index (κ1) is 11.3. The van der Waals surface area contributed by atoms with E-state index in [9.17, 15) is 4.79 Å². The summed E-state index contributed by atoms with van der Waals surface area (Å²) in [7, 11) is 0. The van der Waals surface area contributed by atoms with Crippen molar-refractivity contribution in [1.82, 2.24) is 14.9 Å². The van der Waals surface area contributed by atoms with E-state index in [0.717, 1.165) is 0 Å². The summed E-state index contributed by atoms with van der Waals surface area (Å²) in [6, 6.07) is 0. The van der Waals surface area contributed by atoms with Crippen molar-refractivity contribution in [2.45, 2.75) is 0 Å². The van der Waals surface area contributed by atoms with Gasteiger partial charge in [-0.15, -0.1) is 6.58 Å². The van der Waals surface area contributed by atoms with Gasteiger partial charge in [0.2, 0.25) is 0 Å². The molecule has 5 heteroatoms. The molecule has 0 saturated carbocycles. The normalized spacial score (nSPS) is 9.67. The summed E-state index contributed by atoms with van der Waals surface area (Å²) in [4.78, 5) is 20.8. The maximum Gasteiger partial charge on any atom is 0.257 e. The quantitative estimate of drug-likeness (QED) is 0.695. The van der Waals surface area contributed by atoms with Crippen LogP contribution in [-0.4, -0.2) is 45.6 Å². The molecule has 0 unspecified atom stereocenters. The number of amides is 1. The maximum atomic E-state index is 11.8. The molecule has 80 valence electrons. The van der Waals surface area contributed by atoms with Crippen molar-refractivity contribution >= 4 is 5.91 Å². The Morgan fingerprint density at radius 1 is 1.53 bits per heavy atom. The van der Waals surface area contributed by atoms with Crippen LogP contribution in [0.3, 0.4) is 0 Å². The van der Waals surface area contributed by atoms with Crippen molar-refractivity contribution in [2.24, 2.45) is 0 Å². The summed E-state index contributed by atoms with van der Waals surface area (Å²) < 4.78 is 0. The van der Waals surface area contributed by atoms with Crippen LogP contribution in [0.15, 0.2) is 31.4 Å². The fourth-order valence-electron chi connectivity index (χ4n) is 1.14.